The van der Waals surface area contributed by atoms with Crippen LogP contribution in [0.4, 0.5) is 0 Å². The fraction of sp³-hybridized carbons (Fsp3) is 0.812. The molecule has 2 N–H and O–H groups in total. The Morgan fingerprint density at radius 2 is 2.38 bits per heavy atom. The molecule has 2 heterocycles. The molecule has 2 fully saturated rings. The minimum Gasteiger partial charge on any atom is -0.379 e. The summed E-state index contributed by atoms with van der Waals surface area (Å²) in [5, 5.41) is 10.8. The minimum absolute atomic E-state index is 0.526. The highest BCUT2D eigenvalue weighted by Gasteiger charge is 2.34. The smallest absolute Gasteiger partial charge is 0.107 e. The summed E-state index contributed by atoms with van der Waals surface area (Å²) >= 11 is 1.78. The van der Waals surface area contributed by atoms with Gasteiger partial charge in [0.05, 0.1) is 18.9 Å². The number of ether oxygens (including phenoxy) is 1. The Morgan fingerprint density at radius 1 is 1.48 bits per heavy atom. The van der Waals surface area contributed by atoms with E-state index in [9.17, 15) is 0 Å². The van der Waals surface area contributed by atoms with E-state index in [1.165, 1.54) is 30.0 Å². The fourth-order valence-electron chi connectivity index (χ4n) is 3.47. The van der Waals surface area contributed by atoms with Crippen LogP contribution in [-0.2, 0) is 11.3 Å². The van der Waals surface area contributed by atoms with Gasteiger partial charge in [0.25, 0.3) is 0 Å². The lowest BCUT2D eigenvalue weighted by atomic mass is 9.94. The lowest BCUT2D eigenvalue weighted by Gasteiger charge is -2.32. The molecule has 3 unspecified atom stereocenters. The summed E-state index contributed by atoms with van der Waals surface area (Å²) in [4.78, 5) is 4.72. The van der Waals surface area contributed by atoms with Crippen molar-refractivity contribution in [3.63, 3.8) is 0 Å². The van der Waals surface area contributed by atoms with Gasteiger partial charge in [-0.15, -0.1) is 11.3 Å². The second-order valence-corrected chi connectivity index (χ2v) is 7.48. The normalized spacial score (nSPS) is 30.1. The van der Waals surface area contributed by atoms with Gasteiger partial charge in [-0.2, -0.15) is 0 Å². The molecule has 0 bridgehead atoms. The topological polar surface area (TPSA) is 46.2 Å². The molecule has 0 radical (unpaired) electrons. The van der Waals surface area contributed by atoms with E-state index < -0.39 is 0 Å². The van der Waals surface area contributed by atoms with E-state index in [4.69, 9.17) is 9.72 Å². The Hall–Kier alpha value is -0.490. The Kier molecular flexibility index (Phi) is 5.27. The van der Waals surface area contributed by atoms with Gasteiger partial charge in [-0.3, -0.25) is 0 Å². The van der Waals surface area contributed by atoms with Crippen molar-refractivity contribution >= 4 is 11.3 Å². The van der Waals surface area contributed by atoms with Crippen molar-refractivity contribution in [1.29, 1.82) is 0 Å². The molecule has 1 aromatic heterocycles. The summed E-state index contributed by atoms with van der Waals surface area (Å²) in [6.45, 7) is 8.04. The molecular formula is C16H27N3OS. The maximum absolute atomic E-state index is 5.63. The van der Waals surface area contributed by atoms with Crippen molar-refractivity contribution in [1.82, 2.24) is 15.6 Å². The van der Waals surface area contributed by atoms with Gasteiger partial charge in [0.15, 0.2) is 0 Å². The largest absolute Gasteiger partial charge is 0.379 e. The number of hydrogen-bond donors (Lipinski definition) is 2. The highest BCUT2D eigenvalue weighted by atomic mass is 32.1. The van der Waals surface area contributed by atoms with Crippen LogP contribution in [0.15, 0.2) is 5.38 Å². The van der Waals surface area contributed by atoms with Crippen molar-refractivity contribution < 1.29 is 4.74 Å². The van der Waals surface area contributed by atoms with Crippen LogP contribution < -0.4 is 10.6 Å². The molecule has 2 aliphatic rings. The third-order valence-corrected chi connectivity index (χ3v) is 5.58. The molecule has 4 nitrogen and oxygen atoms in total. The summed E-state index contributed by atoms with van der Waals surface area (Å²) in [5.74, 6) is 1.23. The molecular weight excluding hydrogens is 282 g/mol. The van der Waals surface area contributed by atoms with Crippen LogP contribution in [0, 0.1) is 5.92 Å². The summed E-state index contributed by atoms with van der Waals surface area (Å²) in [7, 11) is 0. The second-order valence-electron chi connectivity index (χ2n) is 6.54. The standard InChI is InChI=1S/C16H27N3OS/c1-11(2)15-10-21-16(19-15)8-18-13-5-3-4-12(13)14-9-20-7-6-17-14/h10-14,17-18H,3-9H2,1-2H3. The number of rotatable bonds is 5. The van der Waals surface area contributed by atoms with Gasteiger partial charge in [-0.05, 0) is 24.7 Å². The molecule has 0 amide bonds. The molecule has 118 valence electrons. The molecule has 1 aliphatic heterocycles. The van der Waals surface area contributed by atoms with Gasteiger partial charge in [0.2, 0.25) is 0 Å². The van der Waals surface area contributed by atoms with Gasteiger partial charge >= 0.3 is 0 Å². The average Bonchev–Trinajstić information content (AvgIpc) is 3.15. The number of morpholine rings is 1. The third-order valence-electron chi connectivity index (χ3n) is 4.71. The van der Waals surface area contributed by atoms with Crippen LogP contribution in [0.1, 0.15) is 49.7 Å². The van der Waals surface area contributed by atoms with Crippen LogP contribution >= 0.6 is 11.3 Å². The molecule has 1 aliphatic carbocycles. The molecule has 5 heteroatoms. The van der Waals surface area contributed by atoms with Gasteiger partial charge in [-0.25, -0.2) is 4.98 Å². The van der Waals surface area contributed by atoms with Crippen LogP contribution in [0.3, 0.4) is 0 Å². The maximum Gasteiger partial charge on any atom is 0.107 e. The minimum atomic E-state index is 0.526. The molecule has 1 saturated carbocycles. The van der Waals surface area contributed by atoms with Crippen LogP contribution in [0.25, 0.3) is 0 Å². The molecule has 1 aromatic rings. The van der Waals surface area contributed by atoms with Crippen LogP contribution in [0.2, 0.25) is 0 Å². The van der Waals surface area contributed by atoms with Crippen LogP contribution in [-0.4, -0.2) is 36.8 Å². The molecule has 1 saturated heterocycles. The summed E-state index contributed by atoms with van der Waals surface area (Å²) in [6.07, 6.45) is 3.93. The van der Waals surface area contributed by atoms with Crippen molar-refractivity contribution in [2.24, 2.45) is 5.92 Å². The van der Waals surface area contributed by atoms with Gasteiger partial charge < -0.3 is 15.4 Å². The van der Waals surface area contributed by atoms with Crippen molar-refractivity contribution in [3.05, 3.63) is 16.1 Å². The zero-order valence-corrected chi connectivity index (χ0v) is 13.9. The highest BCUT2D eigenvalue weighted by molar-refractivity contribution is 7.09. The number of hydrogen-bond acceptors (Lipinski definition) is 5. The highest BCUT2D eigenvalue weighted by Crippen LogP contribution is 2.30. The Balaban J connectivity index is 1.53. The first-order valence-electron chi connectivity index (χ1n) is 8.23. The lowest BCUT2D eigenvalue weighted by molar-refractivity contribution is 0.0524. The van der Waals surface area contributed by atoms with Gasteiger partial charge in [0, 0.05) is 30.6 Å². The Labute approximate surface area is 131 Å². The van der Waals surface area contributed by atoms with Gasteiger partial charge in [-0.1, -0.05) is 20.3 Å². The van der Waals surface area contributed by atoms with Crippen molar-refractivity contribution in [2.45, 2.75) is 57.7 Å². The number of aromatic nitrogens is 1. The predicted molar refractivity (Wildman–Crippen MR) is 86.8 cm³/mol. The molecule has 21 heavy (non-hydrogen) atoms. The third kappa shape index (κ3) is 3.83. The number of nitrogens with zero attached hydrogens (tertiary/aromatic N) is 1. The zero-order chi connectivity index (χ0) is 14.7. The van der Waals surface area contributed by atoms with E-state index in [0.29, 0.717) is 23.9 Å². The summed E-state index contributed by atoms with van der Waals surface area (Å²) in [5.41, 5.74) is 1.22. The maximum atomic E-state index is 5.63. The lowest BCUT2D eigenvalue weighted by Crippen LogP contribution is -2.50. The van der Waals surface area contributed by atoms with E-state index >= 15 is 0 Å². The average molecular weight is 309 g/mol. The Morgan fingerprint density at radius 3 is 3.10 bits per heavy atom. The van der Waals surface area contributed by atoms with E-state index in [2.05, 4.69) is 29.9 Å². The Bertz CT molecular complexity index is 442. The van der Waals surface area contributed by atoms with E-state index in [-0.39, 0.29) is 0 Å². The summed E-state index contributed by atoms with van der Waals surface area (Å²) < 4.78 is 5.63. The predicted octanol–water partition coefficient (Wildman–Crippen LogP) is 2.51. The molecule has 3 rings (SSSR count). The van der Waals surface area contributed by atoms with Crippen molar-refractivity contribution in [2.75, 3.05) is 19.8 Å². The molecule has 3 atom stereocenters. The molecule has 0 spiro atoms. The monoisotopic (exact) mass is 309 g/mol. The van der Waals surface area contributed by atoms with Gasteiger partial charge in [0.1, 0.15) is 5.01 Å². The second kappa shape index (κ2) is 7.18. The number of nitrogens with one attached hydrogen (secondary N) is 2. The fourth-order valence-corrected chi connectivity index (χ4v) is 4.38. The quantitative estimate of drug-likeness (QED) is 0.877. The van der Waals surface area contributed by atoms with E-state index in [1.54, 1.807) is 11.3 Å². The SMILES string of the molecule is CC(C)c1csc(CNC2CCCC2C2COCCN2)n1. The first-order chi connectivity index (χ1) is 10.2. The van der Waals surface area contributed by atoms with Crippen molar-refractivity contribution in [3.8, 4) is 0 Å². The molecule has 0 aromatic carbocycles. The zero-order valence-electron chi connectivity index (χ0n) is 13.1. The number of thiazole rings is 1. The van der Waals surface area contributed by atoms with Crippen LogP contribution in [0.5, 0.6) is 0 Å². The summed E-state index contributed by atoms with van der Waals surface area (Å²) in [6, 6.07) is 1.14. The first kappa shape index (κ1) is 15.4. The first-order valence-corrected chi connectivity index (χ1v) is 9.11. The van der Waals surface area contributed by atoms with E-state index in [1.807, 2.05) is 0 Å². The van der Waals surface area contributed by atoms with E-state index in [0.717, 1.165) is 26.3 Å².